The van der Waals surface area contributed by atoms with E-state index < -0.39 is 6.09 Å². The minimum Gasteiger partial charge on any atom is -0.491 e. The molecular formula is C11H10N2O3. The number of carboxylic acid groups (broad SMARTS) is 1. The smallest absolute Gasteiger partial charge is 0.407 e. The second kappa shape index (κ2) is 4.11. The van der Waals surface area contributed by atoms with E-state index in [2.05, 4.69) is 0 Å². The predicted octanol–water partition coefficient (Wildman–Crippen LogP) is 1.43. The van der Waals surface area contributed by atoms with Gasteiger partial charge >= 0.3 is 6.09 Å². The van der Waals surface area contributed by atoms with Crippen LogP contribution in [0.2, 0.25) is 0 Å². The average molecular weight is 218 g/mol. The van der Waals surface area contributed by atoms with Gasteiger partial charge in [0, 0.05) is 5.56 Å². The fourth-order valence-electron chi connectivity index (χ4n) is 1.60. The van der Waals surface area contributed by atoms with E-state index in [1.807, 2.05) is 6.07 Å². The minimum atomic E-state index is -0.958. The summed E-state index contributed by atoms with van der Waals surface area (Å²) in [6.07, 6.45) is -0.958. The Morgan fingerprint density at radius 1 is 1.56 bits per heavy atom. The Balaban J connectivity index is 2.32. The van der Waals surface area contributed by atoms with Crippen molar-refractivity contribution >= 4 is 6.09 Å². The molecule has 1 aliphatic heterocycles. The van der Waals surface area contributed by atoms with Gasteiger partial charge in [-0.2, -0.15) is 5.26 Å². The van der Waals surface area contributed by atoms with E-state index in [0.29, 0.717) is 31.0 Å². The van der Waals surface area contributed by atoms with E-state index in [-0.39, 0.29) is 0 Å². The molecule has 0 spiro atoms. The van der Waals surface area contributed by atoms with Crippen LogP contribution in [0.15, 0.2) is 18.2 Å². The Bertz CT molecular complexity index is 465. The van der Waals surface area contributed by atoms with Crippen molar-refractivity contribution in [3.8, 4) is 11.8 Å². The Labute approximate surface area is 92.5 Å². The molecule has 82 valence electrons. The SMILES string of the molecule is N#Cc1ccc2c(c1)OCCN(C(=O)O)C2. The zero-order valence-electron chi connectivity index (χ0n) is 8.51. The third-order valence-corrected chi connectivity index (χ3v) is 2.45. The van der Waals surface area contributed by atoms with E-state index in [0.717, 1.165) is 5.56 Å². The molecule has 1 aromatic carbocycles. The van der Waals surface area contributed by atoms with Gasteiger partial charge in [0.05, 0.1) is 24.7 Å². The molecule has 0 aromatic heterocycles. The summed E-state index contributed by atoms with van der Waals surface area (Å²) in [6, 6.07) is 7.05. The van der Waals surface area contributed by atoms with Crippen molar-refractivity contribution in [3.63, 3.8) is 0 Å². The van der Waals surface area contributed by atoms with Gasteiger partial charge in [-0.25, -0.2) is 4.79 Å². The van der Waals surface area contributed by atoms with Crippen molar-refractivity contribution in [1.82, 2.24) is 4.90 Å². The summed E-state index contributed by atoms with van der Waals surface area (Å²) < 4.78 is 5.42. The van der Waals surface area contributed by atoms with Crippen LogP contribution < -0.4 is 4.74 Å². The normalized spacial score (nSPS) is 14.3. The van der Waals surface area contributed by atoms with Crippen LogP contribution >= 0.6 is 0 Å². The maximum Gasteiger partial charge on any atom is 0.407 e. The van der Waals surface area contributed by atoms with E-state index in [4.69, 9.17) is 15.1 Å². The first-order valence-corrected chi connectivity index (χ1v) is 4.84. The number of rotatable bonds is 0. The van der Waals surface area contributed by atoms with E-state index >= 15 is 0 Å². The van der Waals surface area contributed by atoms with Crippen LogP contribution in [0, 0.1) is 11.3 Å². The molecule has 0 bridgehead atoms. The van der Waals surface area contributed by atoms with Gasteiger partial charge in [0.25, 0.3) is 0 Å². The first-order valence-electron chi connectivity index (χ1n) is 4.84. The lowest BCUT2D eigenvalue weighted by atomic mass is 10.1. The number of fused-ring (bicyclic) bond motifs is 1. The lowest BCUT2D eigenvalue weighted by molar-refractivity contribution is 0.138. The standard InChI is InChI=1S/C11H10N2O3/c12-6-8-1-2-9-7-13(11(14)15)3-4-16-10(9)5-8/h1-2,5H,3-4,7H2,(H,14,15). The van der Waals surface area contributed by atoms with Crippen LogP contribution in [-0.4, -0.2) is 29.3 Å². The number of hydrogen-bond donors (Lipinski definition) is 1. The first kappa shape index (κ1) is 10.3. The number of benzene rings is 1. The van der Waals surface area contributed by atoms with Gasteiger partial charge in [-0.3, -0.25) is 0 Å². The fraction of sp³-hybridized carbons (Fsp3) is 0.273. The molecular weight excluding hydrogens is 208 g/mol. The number of nitrogens with zero attached hydrogens (tertiary/aromatic N) is 2. The highest BCUT2D eigenvalue weighted by atomic mass is 16.5. The van der Waals surface area contributed by atoms with Gasteiger partial charge in [0.1, 0.15) is 12.4 Å². The molecule has 1 amide bonds. The third kappa shape index (κ3) is 1.91. The highest BCUT2D eigenvalue weighted by Crippen LogP contribution is 2.24. The lowest BCUT2D eigenvalue weighted by Gasteiger charge is -2.14. The summed E-state index contributed by atoms with van der Waals surface area (Å²) in [6.45, 7) is 0.955. The Morgan fingerprint density at radius 2 is 2.38 bits per heavy atom. The Kier molecular flexibility index (Phi) is 2.64. The molecule has 0 radical (unpaired) electrons. The molecule has 1 N–H and O–H groups in total. The second-order valence-corrected chi connectivity index (χ2v) is 3.49. The van der Waals surface area contributed by atoms with Crippen molar-refractivity contribution in [3.05, 3.63) is 29.3 Å². The van der Waals surface area contributed by atoms with Crippen LogP contribution in [0.1, 0.15) is 11.1 Å². The molecule has 5 nitrogen and oxygen atoms in total. The number of ether oxygens (including phenoxy) is 1. The van der Waals surface area contributed by atoms with Gasteiger partial charge in [0.2, 0.25) is 0 Å². The number of nitriles is 1. The summed E-state index contributed by atoms with van der Waals surface area (Å²) in [5, 5.41) is 17.6. The average Bonchev–Trinajstić information content (AvgIpc) is 2.49. The molecule has 16 heavy (non-hydrogen) atoms. The van der Waals surface area contributed by atoms with Crippen molar-refractivity contribution in [1.29, 1.82) is 5.26 Å². The molecule has 2 rings (SSSR count). The molecule has 0 atom stereocenters. The number of hydrogen-bond acceptors (Lipinski definition) is 3. The zero-order valence-corrected chi connectivity index (χ0v) is 8.51. The summed E-state index contributed by atoms with van der Waals surface area (Å²) in [5.41, 5.74) is 1.31. The highest BCUT2D eigenvalue weighted by Gasteiger charge is 2.18. The van der Waals surface area contributed by atoms with Crippen molar-refractivity contribution in [2.24, 2.45) is 0 Å². The van der Waals surface area contributed by atoms with E-state index in [1.54, 1.807) is 18.2 Å². The van der Waals surface area contributed by atoms with Crippen molar-refractivity contribution in [2.45, 2.75) is 6.54 Å². The fourth-order valence-corrected chi connectivity index (χ4v) is 1.60. The van der Waals surface area contributed by atoms with Crippen molar-refractivity contribution in [2.75, 3.05) is 13.2 Å². The van der Waals surface area contributed by atoms with Gasteiger partial charge in [-0.1, -0.05) is 6.07 Å². The van der Waals surface area contributed by atoms with E-state index in [1.165, 1.54) is 4.90 Å². The third-order valence-electron chi connectivity index (χ3n) is 2.45. The predicted molar refractivity (Wildman–Crippen MR) is 55.1 cm³/mol. The molecule has 0 aliphatic carbocycles. The number of carbonyl (C=O) groups is 1. The maximum atomic E-state index is 10.9. The van der Waals surface area contributed by atoms with Gasteiger partial charge in [-0.15, -0.1) is 0 Å². The first-order chi connectivity index (χ1) is 7.70. The number of amides is 1. The topological polar surface area (TPSA) is 73.6 Å². The van der Waals surface area contributed by atoms with Crippen molar-refractivity contribution < 1.29 is 14.6 Å². The summed E-state index contributed by atoms with van der Waals surface area (Å²) in [7, 11) is 0. The van der Waals surface area contributed by atoms with Crippen LogP contribution in [0.25, 0.3) is 0 Å². The molecule has 1 aromatic rings. The quantitative estimate of drug-likeness (QED) is 0.714. The Morgan fingerprint density at radius 3 is 3.06 bits per heavy atom. The molecule has 0 saturated heterocycles. The summed E-state index contributed by atoms with van der Waals surface area (Å²) >= 11 is 0. The molecule has 0 fully saturated rings. The Hall–Kier alpha value is -2.22. The molecule has 1 heterocycles. The van der Waals surface area contributed by atoms with Crippen LogP contribution in [0.5, 0.6) is 5.75 Å². The minimum absolute atomic E-state index is 0.302. The van der Waals surface area contributed by atoms with Gasteiger partial charge in [0.15, 0.2) is 0 Å². The van der Waals surface area contributed by atoms with Gasteiger partial charge in [-0.05, 0) is 12.1 Å². The molecule has 0 unspecified atom stereocenters. The molecule has 0 saturated carbocycles. The monoisotopic (exact) mass is 218 g/mol. The van der Waals surface area contributed by atoms with Gasteiger partial charge < -0.3 is 14.7 Å². The largest absolute Gasteiger partial charge is 0.491 e. The highest BCUT2D eigenvalue weighted by molar-refractivity contribution is 5.65. The van der Waals surface area contributed by atoms with E-state index in [9.17, 15) is 4.79 Å². The van der Waals surface area contributed by atoms with Crippen LogP contribution in [0.4, 0.5) is 4.79 Å². The lowest BCUT2D eigenvalue weighted by Crippen LogP contribution is -2.30. The van der Waals surface area contributed by atoms with Crippen LogP contribution in [0.3, 0.4) is 0 Å². The van der Waals surface area contributed by atoms with Crippen LogP contribution in [-0.2, 0) is 6.54 Å². The molecule has 5 heteroatoms. The summed E-state index contributed by atoms with van der Waals surface area (Å²) in [4.78, 5) is 12.1. The second-order valence-electron chi connectivity index (χ2n) is 3.49. The maximum absolute atomic E-state index is 10.9. The summed E-state index contributed by atoms with van der Waals surface area (Å²) in [5.74, 6) is 0.600. The molecule has 1 aliphatic rings. The zero-order chi connectivity index (χ0) is 11.5.